The van der Waals surface area contributed by atoms with Crippen LogP contribution in [0.1, 0.15) is 58.7 Å². The summed E-state index contributed by atoms with van der Waals surface area (Å²) in [6, 6.07) is 13.3. The Labute approximate surface area is 201 Å². The number of rotatable bonds is 8. The lowest BCUT2D eigenvalue weighted by Gasteiger charge is -2.36. The summed E-state index contributed by atoms with van der Waals surface area (Å²) in [4.78, 5) is 40.5. The van der Waals surface area contributed by atoms with Crippen molar-refractivity contribution in [3.8, 4) is 5.75 Å². The van der Waals surface area contributed by atoms with Gasteiger partial charge in [0, 0.05) is 12.6 Å². The average Bonchev–Trinajstić information content (AvgIpc) is 2.74. The summed E-state index contributed by atoms with van der Waals surface area (Å²) in [6.45, 7) is 10.6. The number of amides is 3. The molecule has 184 valence electrons. The zero-order chi connectivity index (χ0) is 25.5. The number of ether oxygens (including phenoxy) is 1. The third-order valence-electron chi connectivity index (χ3n) is 4.94. The Kier molecular flexibility index (Phi) is 9.06. The van der Waals surface area contributed by atoms with Crippen molar-refractivity contribution in [2.75, 3.05) is 0 Å². The minimum absolute atomic E-state index is 0.0190. The number of carbonyl (C=O) groups is 3. The van der Waals surface area contributed by atoms with E-state index in [-0.39, 0.29) is 18.3 Å². The number of carbonyl (C=O) groups excluding carboxylic acids is 3. The fourth-order valence-corrected chi connectivity index (χ4v) is 3.46. The molecule has 34 heavy (non-hydrogen) atoms. The maximum absolute atomic E-state index is 13.5. The Bertz CT molecular complexity index is 985. The van der Waals surface area contributed by atoms with Gasteiger partial charge >= 0.3 is 6.09 Å². The molecule has 8 nitrogen and oxygen atoms in total. The molecule has 2 rings (SSSR count). The van der Waals surface area contributed by atoms with Gasteiger partial charge in [-0.1, -0.05) is 42.5 Å². The molecule has 0 spiro atoms. The minimum atomic E-state index is -1.02. The zero-order valence-corrected chi connectivity index (χ0v) is 20.7. The number of hydrogen-bond acceptors (Lipinski definition) is 5. The second-order valence-corrected chi connectivity index (χ2v) is 9.41. The highest BCUT2D eigenvalue weighted by Gasteiger charge is 2.36. The number of phenols is 1. The Morgan fingerprint density at radius 3 is 2.21 bits per heavy atom. The summed E-state index contributed by atoms with van der Waals surface area (Å²) >= 11 is 0. The molecule has 0 aliphatic rings. The van der Waals surface area contributed by atoms with Gasteiger partial charge in [0.25, 0.3) is 0 Å². The molecule has 0 bridgehead atoms. The molecule has 8 heteroatoms. The van der Waals surface area contributed by atoms with Crippen LogP contribution in [0.2, 0.25) is 0 Å². The summed E-state index contributed by atoms with van der Waals surface area (Å²) < 4.78 is 5.26. The summed E-state index contributed by atoms with van der Waals surface area (Å²) in [6.07, 6.45) is -0.723. The first kappa shape index (κ1) is 26.7. The highest BCUT2D eigenvalue weighted by molar-refractivity contribution is 5.92. The van der Waals surface area contributed by atoms with Crippen LogP contribution in [0.15, 0.2) is 54.6 Å². The van der Waals surface area contributed by atoms with Gasteiger partial charge in [-0.15, -0.1) is 0 Å². The van der Waals surface area contributed by atoms with Crippen molar-refractivity contribution < 1.29 is 24.2 Å². The van der Waals surface area contributed by atoms with Gasteiger partial charge in [0.05, 0.1) is 0 Å². The number of benzene rings is 2. The van der Waals surface area contributed by atoms with Gasteiger partial charge < -0.3 is 25.4 Å². The summed E-state index contributed by atoms with van der Waals surface area (Å²) in [5, 5.41) is 15.5. The fraction of sp³-hybridized carbons (Fsp3) is 0.423. The van der Waals surface area contributed by atoms with E-state index in [9.17, 15) is 19.5 Å². The lowest BCUT2D eigenvalue weighted by molar-refractivity contribution is -0.144. The van der Waals surface area contributed by atoms with Crippen molar-refractivity contribution in [1.82, 2.24) is 15.5 Å². The van der Waals surface area contributed by atoms with Crippen LogP contribution >= 0.6 is 0 Å². The van der Waals surface area contributed by atoms with Crippen LogP contribution in [0.5, 0.6) is 5.75 Å². The first-order valence-corrected chi connectivity index (χ1v) is 11.3. The van der Waals surface area contributed by atoms with E-state index in [1.165, 1.54) is 17.0 Å². The van der Waals surface area contributed by atoms with Crippen molar-refractivity contribution in [3.05, 3.63) is 65.7 Å². The summed E-state index contributed by atoms with van der Waals surface area (Å²) in [7, 11) is 0. The van der Waals surface area contributed by atoms with Gasteiger partial charge in [-0.3, -0.25) is 9.59 Å². The standard InChI is InChI=1S/C26H35N3O5/c1-17(2)29(24(32)18(3)28-25(33)34-26(4,5)6)22(20-13-10-14-21(30)15-20)23(31)27-16-19-11-8-7-9-12-19/h7-15,17-18,22,30H,16H2,1-6H3,(H,27,31)(H,28,33). The van der Waals surface area contributed by atoms with Crippen molar-refractivity contribution in [1.29, 1.82) is 0 Å². The molecule has 0 heterocycles. The number of alkyl carbamates (subject to hydrolysis) is 1. The molecule has 2 atom stereocenters. The summed E-state index contributed by atoms with van der Waals surface area (Å²) in [5.74, 6) is -0.875. The lowest BCUT2D eigenvalue weighted by Crippen LogP contribution is -2.54. The van der Waals surface area contributed by atoms with Crippen molar-refractivity contribution >= 4 is 17.9 Å². The van der Waals surface area contributed by atoms with Gasteiger partial charge in [0.2, 0.25) is 11.8 Å². The second-order valence-electron chi connectivity index (χ2n) is 9.41. The Hall–Kier alpha value is -3.55. The molecule has 3 amide bonds. The predicted octanol–water partition coefficient (Wildman–Crippen LogP) is 3.90. The molecular weight excluding hydrogens is 434 g/mol. The summed E-state index contributed by atoms with van der Waals surface area (Å²) in [5.41, 5.74) is 0.649. The van der Waals surface area contributed by atoms with E-state index in [1.807, 2.05) is 30.3 Å². The van der Waals surface area contributed by atoms with Crippen LogP contribution in [0, 0.1) is 0 Å². The second kappa shape index (κ2) is 11.5. The number of hydrogen-bond donors (Lipinski definition) is 3. The maximum atomic E-state index is 13.5. The highest BCUT2D eigenvalue weighted by atomic mass is 16.6. The van der Waals surface area contributed by atoms with Crippen LogP contribution in [0.25, 0.3) is 0 Å². The van der Waals surface area contributed by atoms with E-state index >= 15 is 0 Å². The maximum Gasteiger partial charge on any atom is 0.408 e. The minimum Gasteiger partial charge on any atom is -0.508 e. The number of aromatic hydroxyl groups is 1. The van der Waals surface area contributed by atoms with E-state index < -0.39 is 35.6 Å². The smallest absolute Gasteiger partial charge is 0.408 e. The molecule has 3 N–H and O–H groups in total. The topological polar surface area (TPSA) is 108 Å². The van der Waals surface area contributed by atoms with Gasteiger partial charge in [-0.25, -0.2) is 4.79 Å². The van der Waals surface area contributed by atoms with Gasteiger partial charge in [0.1, 0.15) is 23.4 Å². The van der Waals surface area contributed by atoms with Crippen molar-refractivity contribution in [2.24, 2.45) is 0 Å². The van der Waals surface area contributed by atoms with E-state index in [0.29, 0.717) is 5.56 Å². The van der Waals surface area contributed by atoms with Crippen molar-refractivity contribution in [3.63, 3.8) is 0 Å². The quantitative estimate of drug-likeness (QED) is 0.543. The molecule has 0 saturated carbocycles. The van der Waals surface area contributed by atoms with Crippen LogP contribution < -0.4 is 10.6 Å². The van der Waals surface area contributed by atoms with E-state index in [1.54, 1.807) is 53.7 Å². The van der Waals surface area contributed by atoms with Crippen LogP contribution in [0.3, 0.4) is 0 Å². The Balaban J connectivity index is 2.33. The SMILES string of the molecule is CC(NC(=O)OC(C)(C)C)C(=O)N(C(C)C)C(C(=O)NCc1ccccc1)c1cccc(O)c1. The predicted molar refractivity (Wildman–Crippen MR) is 130 cm³/mol. The van der Waals surface area contributed by atoms with E-state index in [0.717, 1.165) is 5.56 Å². The molecule has 0 radical (unpaired) electrons. The molecule has 0 aliphatic carbocycles. The molecule has 0 aromatic heterocycles. The highest BCUT2D eigenvalue weighted by Crippen LogP contribution is 2.27. The molecule has 0 fully saturated rings. The first-order chi connectivity index (χ1) is 15.9. The van der Waals surface area contributed by atoms with Crippen molar-refractivity contribution in [2.45, 2.75) is 71.8 Å². The van der Waals surface area contributed by atoms with Gasteiger partial charge in [0.15, 0.2) is 0 Å². The third kappa shape index (κ3) is 7.79. The molecule has 2 aromatic carbocycles. The Morgan fingerprint density at radius 1 is 1.00 bits per heavy atom. The zero-order valence-electron chi connectivity index (χ0n) is 20.7. The van der Waals surface area contributed by atoms with Gasteiger partial charge in [-0.2, -0.15) is 0 Å². The number of phenolic OH excluding ortho intramolecular Hbond substituents is 1. The molecule has 0 saturated heterocycles. The van der Waals surface area contributed by atoms with E-state index in [2.05, 4.69) is 10.6 Å². The van der Waals surface area contributed by atoms with Crippen LogP contribution in [0.4, 0.5) is 4.79 Å². The normalized spacial score (nSPS) is 13.0. The number of nitrogens with zero attached hydrogens (tertiary/aromatic N) is 1. The molecule has 2 unspecified atom stereocenters. The third-order valence-corrected chi connectivity index (χ3v) is 4.94. The molecular formula is C26H35N3O5. The monoisotopic (exact) mass is 469 g/mol. The Morgan fingerprint density at radius 2 is 1.65 bits per heavy atom. The molecule has 0 aliphatic heterocycles. The van der Waals surface area contributed by atoms with Crippen LogP contribution in [-0.2, 0) is 20.9 Å². The number of nitrogens with one attached hydrogen (secondary N) is 2. The molecule has 2 aromatic rings. The van der Waals surface area contributed by atoms with Crippen LogP contribution in [-0.4, -0.2) is 45.6 Å². The largest absolute Gasteiger partial charge is 0.508 e. The van der Waals surface area contributed by atoms with Gasteiger partial charge in [-0.05, 0) is 64.8 Å². The first-order valence-electron chi connectivity index (χ1n) is 11.3. The average molecular weight is 470 g/mol. The lowest BCUT2D eigenvalue weighted by atomic mass is 10.0. The fourth-order valence-electron chi connectivity index (χ4n) is 3.46. The van der Waals surface area contributed by atoms with E-state index in [4.69, 9.17) is 4.74 Å².